The van der Waals surface area contributed by atoms with E-state index in [1.54, 1.807) is 12.4 Å². The first-order chi connectivity index (χ1) is 6.79. The number of aromatic nitrogens is 2. The number of rotatable bonds is 2. The molecule has 0 bridgehead atoms. The lowest BCUT2D eigenvalue weighted by atomic mass is 10.3. The van der Waals surface area contributed by atoms with Gasteiger partial charge in [0.2, 0.25) is 0 Å². The quantitative estimate of drug-likeness (QED) is 0.783. The molecule has 2 rings (SSSR count). The van der Waals surface area contributed by atoms with Crippen LogP contribution < -0.4 is 5.73 Å². The maximum absolute atomic E-state index is 5.49. The average molecular weight is 189 g/mol. The summed E-state index contributed by atoms with van der Waals surface area (Å²) in [6, 6.07) is 3.79. The monoisotopic (exact) mass is 189 g/mol. The highest BCUT2D eigenvalue weighted by molar-refractivity contribution is 5.48. The molecular formula is C10H11N3O. The summed E-state index contributed by atoms with van der Waals surface area (Å²) >= 11 is 0. The summed E-state index contributed by atoms with van der Waals surface area (Å²) in [5, 5.41) is 0. The summed E-state index contributed by atoms with van der Waals surface area (Å²) in [7, 11) is 0. The molecule has 0 aliphatic heterocycles. The van der Waals surface area contributed by atoms with Crippen molar-refractivity contribution < 1.29 is 4.42 Å². The van der Waals surface area contributed by atoms with E-state index in [2.05, 4.69) is 9.97 Å². The Balaban J connectivity index is 2.34. The standard InChI is InChI=1S/C10H11N3O/c1-2-8-3-4-9(14-8)10-12-5-7(11)6-13-10/h3-6H,2,11H2,1H3. The fraction of sp³-hybridized carbons (Fsp3) is 0.200. The number of nitrogens with zero attached hydrogens (tertiary/aromatic N) is 2. The Kier molecular flexibility index (Phi) is 2.18. The number of hydrogen-bond donors (Lipinski definition) is 1. The van der Waals surface area contributed by atoms with Crippen LogP contribution in [0.25, 0.3) is 11.6 Å². The third kappa shape index (κ3) is 1.59. The van der Waals surface area contributed by atoms with Gasteiger partial charge in [0.1, 0.15) is 5.76 Å². The molecule has 0 saturated carbocycles. The van der Waals surface area contributed by atoms with E-state index in [1.807, 2.05) is 19.1 Å². The van der Waals surface area contributed by atoms with Crippen LogP contribution >= 0.6 is 0 Å². The van der Waals surface area contributed by atoms with Crippen molar-refractivity contribution in [1.29, 1.82) is 0 Å². The predicted molar refractivity (Wildman–Crippen MR) is 53.5 cm³/mol. The Hall–Kier alpha value is -1.84. The molecule has 2 heterocycles. The first-order valence-electron chi connectivity index (χ1n) is 4.46. The molecule has 0 saturated heterocycles. The van der Waals surface area contributed by atoms with Gasteiger partial charge in [-0.25, -0.2) is 9.97 Å². The van der Waals surface area contributed by atoms with Gasteiger partial charge in [-0.15, -0.1) is 0 Å². The van der Waals surface area contributed by atoms with Crippen LogP contribution in [0.2, 0.25) is 0 Å². The van der Waals surface area contributed by atoms with E-state index in [0.29, 0.717) is 17.3 Å². The Bertz CT molecular complexity index is 419. The maximum atomic E-state index is 5.49. The molecule has 0 aromatic carbocycles. The van der Waals surface area contributed by atoms with Crippen LogP contribution in [0, 0.1) is 0 Å². The van der Waals surface area contributed by atoms with Crippen LogP contribution in [0.4, 0.5) is 5.69 Å². The van der Waals surface area contributed by atoms with Crippen molar-refractivity contribution in [3.8, 4) is 11.6 Å². The molecule has 0 aliphatic carbocycles. The predicted octanol–water partition coefficient (Wildman–Crippen LogP) is 1.88. The van der Waals surface area contributed by atoms with Gasteiger partial charge in [0.25, 0.3) is 0 Å². The lowest BCUT2D eigenvalue weighted by Gasteiger charge is -1.95. The van der Waals surface area contributed by atoms with Gasteiger partial charge in [-0.3, -0.25) is 0 Å². The second-order valence-corrected chi connectivity index (χ2v) is 2.96. The Morgan fingerprint density at radius 1 is 1.29 bits per heavy atom. The fourth-order valence-corrected chi connectivity index (χ4v) is 1.15. The molecule has 14 heavy (non-hydrogen) atoms. The van der Waals surface area contributed by atoms with Gasteiger partial charge in [-0.05, 0) is 12.1 Å². The summed E-state index contributed by atoms with van der Waals surface area (Å²) in [4.78, 5) is 8.13. The van der Waals surface area contributed by atoms with Crippen molar-refractivity contribution >= 4 is 5.69 Å². The lowest BCUT2D eigenvalue weighted by Crippen LogP contribution is -1.91. The SMILES string of the molecule is CCc1ccc(-c2ncc(N)cn2)o1. The molecule has 0 amide bonds. The zero-order valence-electron chi connectivity index (χ0n) is 7.90. The van der Waals surface area contributed by atoms with Crippen molar-refractivity contribution in [2.75, 3.05) is 5.73 Å². The topological polar surface area (TPSA) is 64.9 Å². The van der Waals surface area contributed by atoms with Gasteiger partial charge in [-0.1, -0.05) is 6.92 Å². The molecule has 72 valence electrons. The third-order valence-corrected chi connectivity index (χ3v) is 1.90. The molecule has 4 nitrogen and oxygen atoms in total. The zero-order valence-corrected chi connectivity index (χ0v) is 7.90. The third-order valence-electron chi connectivity index (χ3n) is 1.90. The van der Waals surface area contributed by atoms with Crippen molar-refractivity contribution in [2.45, 2.75) is 13.3 Å². The molecule has 0 radical (unpaired) electrons. The number of furan rings is 1. The summed E-state index contributed by atoms with van der Waals surface area (Å²) in [5.74, 6) is 2.18. The van der Waals surface area contributed by atoms with E-state index in [1.165, 1.54) is 0 Å². The Morgan fingerprint density at radius 3 is 2.57 bits per heavy atom. The van der Waals surface area contributed by atoms with Crippen molar-refractivity contribution in [2.24, 2.45) is 0 Å². The molecular weight excluding hydrogens is 178 g/mol. The minimum atomic E-state index is 0.552. The lowest BCUT2D eigenvalue weighted by molar-refractivity contribution is 0.525. The second kappa shape index (κ2) is 3.49. The number of nitrogen functional groups attached to an aromatic ring is 1. The van der Waals surface area contributed by atoms with Gasteiger partial charge in [-0.2, -0.15) is 0 Å². The molecule has 0 spiro atoms. The highest BCUT2D eigenvalue weighted by atomic mass is 16.3. The highest BCUT2D eigenvalue weighted by Crippen LogP contribution is 2.18. The van der Waals surface area contributed by atoms with E-state index in [9.17, 15) is 0 Å². The van der Waals surface area contributed by atoms with E-state index in [4.69, 9.17) is 10.2 Å². The van der Waals surface area contributed by atoms with Gasteiger partial charge in [0.05, 0.1) is 18.1 Å². The first-order valence-corrected chi connectivity index (χ1v) is 4.46. The van der Waals surface area contributed by atoms with Crippen molar-refractivity contribution in [3.63, 3.8) is 0 Å². The average Bonchev–Trinajstić information content (AvgIpc) is 2.67. The van der Waals surface area contributed by atoms with Crippen LogP contribution in [0.15, 0.2) is 28.9 Å². The van der Waals surface area contributed by atoms with Gasteiger partial charge in [0.15, 0.2) is 11.6 Å². The largest absolute Gasteiger partial charge is 0.458 e. The van der Waals surface area contributed by atoms with Gasteiger partial charge < -0.3 is 10.2 Å². The van der Waals surface area contributed by atoms with E-state index < -0.39 is 0 Å². The number of aryl methyl sites for hydroxylation is 1. The van der Waals surface area contributed by atoms with Crippen LogP contribution in [-0.2, 0) is 6.42 Å². The van der Waals surface area contributed by atoms with Crippen LogP contribution in [-0.4, -0.2) is 9.97 Å². The Labute approximate surface area is 81.8 Å². The minimum absolute atomic E-state index is 0.552. The summed E-state index contributed by atoms with van der Waals surface area (Å²) in [6.45, 7) is 2.03. The van der Waals surface area contributed by atoms with Crippen LogP contribution in [0.3, 0.4) is 0 Å². The van der Waals surface area contributed by atoms with E-state index >= 15 is 0 Å². The van der Waals surface area contributed by atoms with Gasteiger partial charge >= 0.3 is 0 Å². The number of hydrogen-bond acceptors (Lipinski definition) is 4. The maximum Gasteiger partial charge on any atom is 0.195 e. The number of anilines is 1. The van der Waals surface area contributed by atoms with E-state index in [0.717, 1.165) is 12.2 Å². The molecule has 2 aromatic heterocycles. The van der Waals surface area contributed by atoms with Crippen molar-refractivity contribution in [3.05, 3.63) is 30.3 Å². The first kappa shape index (κ1) is 8.74. The second-order valence-electron chi connectivity index (χ2n) is 2.96. The summed E-state index contributed by atoms with van der Waals surface area (Å²) < 4.78 is 5.49. The smallest absolute Gasteiger partial charge is 0.195 e. The van der Waals surface area contributed by atoms with Crippen molar-refractivity contribution in [1.82, 2.24) is 9.97 Å². The minimum Gasteiger partial charge on any atom is -0.458 e. The molecule has 2 aromatic rings. The molecule has 2 N–H and O–H groups in total. The van der Waals surface area contributed by atoms with Crippen LogP contribution in [0.1, 0.15) is 12.7 Å². The molecule has 0 aliphatic rings. The normalized spacial score (nSPS) is 10.4. The molecule has 0 atom stereocenters. The van der Waals surface area contributed by atoms with Gasteiger partial charge in [0, 0.05) is 6.42 Å². The molecule has 0 unspecified atom stereocenters. The number of nitrogens with two attached hydrogens (primary N) is 1. The molecule has 4 heteroatoms. The summed E-state index contributed by atoms with van der Waals surface area (Å²) in [5.41, 5.74) is 6.03. The highest BCUT2D eigenvalue weighted by Gasteiger charge is 2.05. The summed E-state index contributed by atoms with van der Waals surface area (Å²) in [6.07, 6.45) is 4.00. The Morgan fingerprint density at radius 2 is 2.00 bits per heavy atom. The van der Waals surface area contributed by atoms with Crippen LogP contribution in [0.5, 0.6) is 0 Å². The zero-order chi connectivity index (χ0) is 9.97. The molecule has 0 fully saturated rings. The fourth-order valence-electron chi connectivity index (χ4n) is 1.15. The van der Waals surface area contributed by atoms with E-state index in [-0.39, 0.29) is 0 Å².